The Hall–Kier alpha value is -3.15. The van der Waals surface area contributed by atoms with Gasteiger partial charge >= 0.3 is 6.09 Å². The Kier molecular flexibility index (Phi) is 8.79. The molecule has 1 aromatic heterocycles. The average molecular weight is 618 g/mol. The minimum absolute atomic E-state index is 0.0824. The fraction of sp³-hybridized carbons (Fsp3) is 0.581. The first kappa shape index (κ1) is 31.3. The van der Waals surface area contributed by atoms with Crippen molar-refractivity contribution >= 4 is 29.4 Å². The van der Waals surface area contributed by atoms with Crippen LogP contribution < -0.4 is 9.64 Å². The molecule has 3 aliphatic rings. The first-order valence-electron chi connectivity index (χ1n) is 14.7. The topological polar surface area (TPSA) is 87.7 Å². The summed E-state index contributed by atoms with van der Waals surface area (Å²) in [5.41, 5.74) is -0.197. The summed E-state index contributed by atoms with van der Waals surface area (Å²) in [6.07, 6.45) is -0.433. The standard InChI is InChI=1S/C31H41ClFN5O5/c1-30(2,3)43-29(40)35-12-14-38-20(17-35)18-42-26-23(28(38)39)27(34-25(24(26)32)21-9-7-8-10-22(21)33)36-11-13-37(15-16-41-6)31(4,5)19-36/h7-10,20H,11-19H2,1-6H3/t20-/m1/s1. The van der Waals surface area contributed by atoms with Gasteiger partial charge < -0.3 is 28.9 Å². The summed E-state index contributed by atoms with van der Waals surface area (Å²) < 4.78 is 32.3. The van der Waals surface area contributed by atoms with Gasteiger partial charge in [0.15, 0.2) is 5.75 Å². The van der Waals surface area contributed by atoms with Crippen LogP contribution in [0, 0.1) is 5.82 Å². The highest BCUT2D eigenvalue weighted by molar-refractivity contribution is 6.35. The zero-order chi connectivity index (χ0) is 31.1. The highest BCUT2D eigenvalue weighted by Gasteiger charge is 2.43. The van der Waals surface area contributed by atoms with Crippen LogP contribution in [-0.2, 0) is 9.47 Å². The van der Waals surface area contributed by atoms with Crippen LogP contribution in [-0.4, -0.2) is 115 Å². The van der Waals surface area contributed by atoms with Crippen LogP contribution in [0.3, 0.4) is 0 Å². The molecule has 0 spiro atoms. The molecule has 2 fully saturated rings. The van der Waals surface area contributed by atoms with Gasteiger partial charge in [-0.05, 0) is 46.8 Å². The Morgan fingerprint density at radius 2 is 1.93 bits per heavy atom. The summed E-state index contributed by atoms with van der Waals surface area (Å²) in [5, 5.41) is 0.0824. The average Bonchev–Trinajstić information content (AvgIpc) is 3.08. The molecule has 0 saturated carbocycles. The summed E-state index contributed by atoms with van der Waals surface area (Å²) in [4.78, 5) is 39.9. The number of carbonyl (C=O) groups excluding carboxylic acids is 2. The number of rotatable bonds is 5. The zero-order valence-corrected chi connectivity index (χ0v) is 26.5. The van der Waals surface area contributed by atoms with Gasteiger partial charge in [0.2, 0.25) is 0 Å². The van der Waals surface area contributed by atoms with E-state index in [9.17, 15) is 9.59 Å². The fourth-order valence-corrected chi connectivity index (χ4v) is 6.28. The van der Waals surface area contributed by atoms with Gasteiger partial charge in [-0.2, -0.15) is 0 Å². The first-order chi connectivity index (χ1) is 20.3. The fourth-order valence-electron chi connectivity index (χ4n) is 5.99. The van der Waals surface area contributed by atoms with Crippen LogP contribution in [0.4, 0.5) is 15.0 Å². The van der Waals surface area contributed by atoms with Crippen molar-refractivity contribution < 1.29 is 28.2 Å². The van der Waals surface area contributed by atoms with Gasteiger partial charge in [0.1, 0.15) is 34.4 Å². The second-order valence-corrected chi connectivity index (χ2v) is 13.3. The number of hydrogen-bond acceptors (Lipinski definition) is 8. The van der Waals surface area contributed by atoms with Crippen molar-refractivity contribution in [3.05, 3.63) is 40.7 Å². The lowest BCUT2D eigenvalue weighted by Crippen LogP contribution is -2.60. The van der Waals surface area contributed by atoms with Crippen LogP contribution in [0.1, 0.15) is 45.0 Å². The van der Waals surface area contributed by atoms with E-state index in [1.54, 1.807) is 35.1 Å². The number of aromatic nitrogens is 1. The van der Waals surface area contributed by atoms with Crippen molar-refractivity contribution in [2.75, 3.05) is 71.0 Å². The predicted molar refractivity (Wildman–Crippen MR) is 163 cm³/mol. The number of benzene rings is 1. The Morgan fingerprint density at radius 1 is 1.19 bits per heavy atom. The number of piperazine rings is 2. The van der Waals surface area contributed by atoms with E-state index in [-0.39, 0.29) is 52.2 Å². The smallest absolute Gasteiger partial charge is 0.410 e. The lowest BCUT2D eigenvalue weighted by molar-refractivity contribution is 0.000951. The number of amides is 2. The van der Waals surface area contributed by atoms with Crippen molar-refractivity contribution in [3.63, 3.8) is 0 Å². The Balaban J connectivity index is 1.54. The number of fused-ring (bicyclic) bond motifs is 2. The molecule has 234 valence electrons. The minimum atomic E-state index is -0.640. The van der Waals surface area contributed by atoms with Gasteiger partial charge in [-0.15, -0.1) is 0 Å². The summed E-state index contributed by atoms with van der Waals surface area (Å²) in [6, 6.07) is 5.87. The molecular weight excluding hydrogens is 577 g/mol. The summed E-state index contributed by atoms with van der Waals surface area (Å²) in [6.45, 7) is 14.0. The van der Waals surface area contributed by atoms with Crippen LogP contribution in [0.5, 0.6) is 5.75 Å². The van der Waals surface area contributed by atoms with Crippen molar-refractivity contribution in [3.8, 4) is 17.0 Å². The van der Waals surface area contributed by atoms with E-state index in [1.165, 1.54) is 6.07 Å². The quantitative estimate of drug-likeness (QED) is 0.483. The number of halogens is 2. The van der Waals surface area contributed by atoms with E-state index >= 15 is 4.39 Å². The molecule has 0 unspecified atom stereocenters. The molecule has 2 amide bonds. The third-order valence-electron chi connectivity index (χ3n) is 8.17. The summed E-state index contributed by atoms with van der Waals surface area (Å²) in [7, 11) is 1.69. The van der Waals surface area contributed by atoms with Gasteiger partial charge in [0.05, 0.1) is 18.3 Å². The Labute approximate surface area is 257 Å². The van der Waals surface area contributed by atoms with Gasteiger partial charge in [-0.3, -0.25) is 9.69 Å². The van der Waals surface area contributed by atoms with E-state index in [4.69, 9.17) is 30.8 Å². The Morgan fingerprint density at radius 3 is 2.60 bits per heavy atom. The summed E-state index contributed by atoms with van der Waals surface area (Å²) in [5.74, 6) is -0.145. The highest BCUT2D eigenvalue weighted by atomic mass is 35.5. The van der Waals surface area contributed by atoms with Crippen LogP contribution in [0.2, 0.25) is 5.02 Å². The van der Waals surface area contributed by atoms with E-state index in [0.29, 0.717) is 38.6 Å². The van der Waals surface area contributed by atoms with Crippen molar-refractivity contribution in [1.29, 1.82) is 0 Å². The van der Waals surface area contributed by atoms with E-state index in [0.717, 1.165) is 13.1 Å². The largest absolute Gasteiger partial charge is 0.489 e. The van der Waals surface area contributed by atoms with Gasteiger partial charge in [0.25, 0.3) is 5.91 Å². The van der Waals surface area contributed by atoms with Crippen molar-refractivity contribution in [2.24, 2.45) is 0 Å². The third kappa shape index (κ3) is 6.39. The summed E-state index contributed by atoms with van der Waals surface area (Å²) >= 11 is 6.92. The van der Waals surface area contributed by atoms with E-state index in [1.807, 2.05) is 20.8 Å². The number of methoxy groups -OCH3 is 1. The molecule has 0 bridgehead atoms. The first-order valence-corrected chi connectivity index (χ1v) is 15.1. The number of pyridine rings is 1. The monoisotopic (exact) mass is 617 g/mol. The maximum absolute atomic E-state index is 15.1. The number of hydrogen-bond donors (Lipinski definition) is 0. The molecule has 0 radical (unpaired) electrons. The SMILES string of the molecule is COCCN1CCN(c2nc(-c3ccccc3F)c(Cl)c3c2C(=O)N2CCN(C(=O)OC(C)(C)C)C[C@@H]2CO3)CC1(C)C. The molecule has 0 aliphatic carbocycles. The normalized spacial score (nSPS) is 20.7. The minimum Gasteiger partial charge on any atom is -0.489 e. The molecule has 0 N–H and O–H groups in total. The molecule has 2 saturated heterocycles. The third-order valence-corrected chi connectivity index (χ3v) is 8.52. The molecule has 12 heteroatoms. The van der Waals surface area contributed by atoms with Crippen molar-refractivity contribution in [2.45, 2.75) is 51.8 Å². The molecule has 1 atom stereocenters. The number of anilines is 1. The van der Waals surface area contributed by atoms with Gasteiger partial charge in [-0.25, -0.2) is 14.2 Å². The molecule has 4 heterocycles. The molecule has 5 rings (SSSR count). The van der Waals surface area contributed by atoms with Gasteiger partial charge in [-0.1, -0.05) is 23.7 Å². The second kappa shape index (κ2) is 12.1. The maximum Gasteiger partial charge on any atom is 0.410 e. The molecule has 3 aliphatic heterocycles. The van der Waals surface area contributed by atoms with Gasteiger partial charge in [0, 0.05) is 64.0 Å². The molecule has 10 nitrogen and oxygen atoms in total. The maximum atomic E-state index is 15.1. The Bertz CT molecular complexity index is 1380. The molecular formula is C31H41ClFN5O5. The number of carbonyl (C=O) groups is 2. The van der Waals surface area contributed by atoms with Crippen LogP contribution in [0.25, 0.3) is 11.3 Å². The van der Waals surface area contributed by atoms with E-state index in [2.05, 4.69) is 23.6 Å². The van der Waals surface area contributed by atoms with Crippen LogP contribution in [0.15, 0.2) is 24.3 Å². The molecule has 2 aromatic rings. The lowest BCUT2D eigenvalue weighted by Gasteiger charge is -2.48. The molecule has 1 aromatic carbocycles. The number of ether oxygens (including phenoxy) is 3. The highest BCUT2D eigenvalue weighted by Crippen LogP contribution is 2.44. The predicted octanol–water partition coefficient (Wildman–Crippen LogP) is 4.54. The zero-order valence-electron chi connectivity index (χ0n) is 25.8. The van der Waals surface area contributed by atoms with Crippen LogP contribution >= 0.6 is 11.6 Å². The molecule has 43 heavy (non-hydrogen) atoms. The van der Waals surface area contributed by atoms with Crippen molar-refractivity contribution in [1.82, 2.24) is 19.7 Å². The lowest BCUT2D eigenvalue weighted by atomic mass is 9.97. The second-order valence-electron chi connectivity index (χ2n) is 12.9. The van der Waals surface area contributed by atoms with E-state index < -0.39 is 23.6 Å². The number of nitrogens with zero attached hydrogens (tertiary/aromatic N) is 5.